The van der Waals surface area contributed by atoms with Crippen LogP contribution in [0.25, 0.3) is 0 Å². The van der Waals surface area contributed by atoms with Gasteiger partial charge in [0.1, 0.15) is 0 Å². The number of aliphatic imine (C=N–C) groups is 1. The van der Waals surface area contributed by atoms with Gasteiger partial charge in [0, 0.05) is 11.5 Å². The summed E-state index contributed by atoms with van der Waals surface area (Å²) in [6, 6.07) is 8.70. The van der Waals surface area contributed by atoms with Crippen LogP contribution in [0.4, 0.5) is 0 Å². The van der Waals surface area contributed by atoms with E-state index in [-0.39, 0.29) is 0 Å². The highest BCUT2D eigenvalue weighted by Gasteiger charge is 2.26. The SMILES string of the molecule is CC1CC(c2cccc(Br)c2)C1.CN=CNN. The first-order valence-corrected chi connectivity index (χ1v) is 6.59. The molecule has 0 bridgehead atoms. The zero-order valence-electron chi connectivity index (χ0n) is 10.4. The molecule has 3 N–H and O–H groups in total. The van der Waals surface area contributed by atoms with E-state index in [0.717, 1.165) is 11.8 Å². The molecule has 0 amide bonds. The van der Waals surface area contributed by atoms with Crippen molar-refractivity contribution < 1.29 is 0 Å². The predicted octanol–water partition coefficient (Wildman–Crippen LogP) is 3.07. The van der Waals surface area contributed by atoms with Crippen molar-refractivity contribution in [3.63, 3.8) is 0 Å². The van der Waals surface area contributed by atoms with Crippen molar-refractivity contribution in [3.8, 4) is 0 Å². The van der Waals surface area contributed by atoms with Crippen LogP contribution in [0.2, 0.25) is 0 Å². The second-order valence-corrected chi connectivity index (χ2v) is 5.30. The Balaban J connectivity index is 0.000000249. The first kappa shape index (κ1) is 14.2. The number of halogens is 1. The van der Waals surface area contributed by atoms with Gasteiger partial charge in [-0.05, 0) is 42.4 Å². The fourth-order valence-electron chi connectivity index (χ4n) is 2.01. The van der Waals surface area contributed by atoms with E-state index < -0.39 is 0 Å². The lowest BCUT2D eigenvalue weighted by atomic mass is 9.72. The Morgan fingerprint density at radius 2 is 2.18 bits per heavy atom. The molecule has 94 valence electrons. The molecule has 3 nitrogen and oxygen atoms in total. The Labute approximate surface area is 112 Å². The molecule has 1 aromatic carbocycles. The van der Waals surface area contributed by atoms with Gasteiger partial charge >= 0.3 is 0 Å². The maximum absolute atomic E-state index is 4.74. The Hall–Kier alpha value is -0.870. The summed E-state index contributed by atoms with van der Waals surface area (Å²) in [6.45, 7) is 2.33. The number of rotatable bonds is 2. The minimum atomic E-state index is 0.831. The monoisotopic (exact) mass is 297 g/mol. The van der Waals surface area contributed by atoms with Crippen molar-refractivity contribution in [1.29, 1.82) is 0 Å². The van der Waals surface area contributed by atoms with Gasteiger partial charge in [-0.1, -0.05) is 35.0 Å². The Kier molecular flexibility index (Phi) is 6.22. The van der Waals surface area contributed by atoms with Crippen LogP contribution < -0.4 is 11.3 Å². The number of hydrogen-bond donors (Lipinski definition) is 2. The maximum atomic E-state index is 4.74. The van der Waals surface area contributed by atoms with Gasteiger partial charge in [-0.25, -0.2) is 5.84 Å². The van der Waals surface area contributed by atoms with Crippen LogP contribution in [0.5, 0.6) is 0 Å². The van der Waals surface area contributed by atoms with E-state index in [0.29, 0.717) is 0 Å². The summed E-state index contributed by atoms with van der Waals surface area (Å²) in [4.78, 5) is 3.49. The highest BCUT2D eigenvalue weighted by molar-refractivity contribution is 9.10. The van der Waals surface area contributed by atoms with E-state index in [1.807, 2.05) is 0 Å². The smallest absolute Gasteiger partial charge is 0.0960 e. The molecule has 1 saturated carbocycles. The topological polar surface area (TPSA) is 50.4 Å². The summed E-state index contributed by atoms with van der Waals surface area (Å²) in [5, 5.41) is 0. The fraction of sp³-hybridized carbons (Fsp3) is 0.462. The van der Waals surface area contributed by atoms with Gasteiger partial charge in [0.25, 0.3) is 0 Å². The Morgan fingerprint density at radius 1 is 1.47 bits per heavy atom. The zero-order chi connectivity index (χ0) is 12.7. The standard InChI is InChI=1S/C11H13Br.C2H7N3/c1-8-5-10(6-8)9-3-2-4-11(12)7-9;1-4-2-5-3/h2-4,7-8,10H,5-6H2,1H3;2H,3H2,1H3,(H,4,5). The third-order valence-electron chi connectivity index (χ3n) is 2.90. The molecule has 0 saturated heterocycles. The molecule has 1 aliphatic rings. The lowest BCUT2D eigenvalue weighted by Crippen LogP contribution is -2.18. The molecule has 2 rings (SSSR count). The number of hydrazine groups is 1. The van der Waals surface area contributed by atoms with Gasteiger partial charge in [-0.15, -0.1) is 0 Å². The van der Waals surface area contributed by atoms with Crippen LogP contribution in [0.15, 0.2) is 33.7 Å². The van der Waals surface area contributed by atoms with E-state index in [2.05, 4.69) is 57.5 Å². The fourth-order valence-corrected chi connectivity index (χ4v) is 2.43. The largest absolute Gasteiger partial charge is 0.315 e. The third kappa shape index (κ3) is 4.88. The number of nitrogens with zero attached hydrogens (tertiary/aromatic N) is 1. The quantitative estimate of drug-likeness (QED) is 0.381. The van der Waals surface area contributed by atoms with Crippen molar-refractivity contribution in [1.82, 2.24) is 5.43 Å². The molecule has 0 aliphatic heterocycles. The van der Waals surface area contributed by atoms with Crippen LogP contribution in [0, 0.1) is 5.92 Å². The second-order valence-electron chi connectivity index (χ2n) is 4.38. The molecular formula is C13H20BrN3. The molecule has 1 aromatic rings. The van der Waals surface area contributed by atoms with Crippen molar-refractivity contribution in [2.24, 2.45) is 16.8 Å². The zero-order valence-corrected chi connectivity index (χ0v) is 11.9. The number of nitrogens with one attached hydrogen (secondary N) is 1. The van der Waals surface area contributed by atoms with E-state index in [4.69, 9.17) is 5.84 Å². The minimum Gasteiger partial charge on any atom is -0.315 e. The summed E-state index contributed by atoms with van der Waals surface area (Å²) in [6.07, 6.45) is 4.15. The van der Waals surface area contributed by atoms with Crippen LogP contribution in [0.3, 0.4) is 0 Å². The molecule has 0 heterocycles. The first-order chi connectivity index (χ1) is 8.17. The first-order valence-electron chi connectivity index (χ1n) is 5.79. The highest BCUT2D eigenvalue weighted by atomic mass is 79.9. The number of benzene rings is 1. The van der Waals surface area contributed by atoms with Crippen LogP contribution in [-0.4, -0.2) is 13.4 Å². The molecule has 17 heavy (non-hydrogen) atoms. The van der Waals surface area contributed by atoms with Crippen molar-refractivity contribution in [3.05, 3.63) is 34.3 Å². The number of nitrogens with two attached hydrogens (primary N) is 1. The van der Waals surface area contributed by atoms with Gasteiger partial charge < -0.3 is 5.43 Å². The molecule has 1 aliphatic carbocycles. The van der Waals surface area contributed by atoms with Crippen LogP contribution >= 0.6 is 15.9 Å². The summed E-state index contributed by atoms with van der Waals surface area (Å²) in [7, 11) is 1.64. The predicted molar refractivity (Wildman–Crippen MR) is 77.0 cm³/mol. The summed E-state index contributed by atoms with van der Waals surface area (Å²) in [5.41, 5.74) is 3.73. The second kappa shape index (κ2) is 7.45. The normalized spacial score (nSPS) is 22.6. The van der Waals surface area contributed by atoms with Crippen molar-refractivity contribution >= 4 is 22.3 Å². The molecular weight excluding hydrogens is 278 g/mol. The lowest BCUT2D eigenvalue weighted by molar-refractivity contribution is 0.288. The van der Waals surface area contributed by atoms with Gasteiger partial charge in [0.05, 0.1) is 6.34 Å². The lowest BCUT2D eigenvalue weighted by Gasteiger charge is -2.33. The molecule has 4 heteroatoms. The van der Waals surface area contributed by atoms with Crippen LogP contribution in [-0.2, 0) is 0 Å². The molecule has 0 atom stereocenters. The number of hydrogen-bond acceptors (Lipinski definition) is 2. The molecule has 0 aromatic heterocycles. The van der Waals surface area contributed by atoms with E-state index >= 15 is 0 Å². The van der Waals surface area contributed by atoms with Gasteiger partial charge in [-0.2, -0.15) is 0 Å². The van der Waals surface area contributed by atoms with E-state index in [9.17, 15) is 0 Å². The van der Waals surface area contributed by atoms with Crippen molar-refractivity contribution in [2.75, 3.05) is 7.05 Å². The maximum Gasteiger partial charge on any atom is 0.0960 e. The van der Waals surface area contributed by atoms with Crippen LogP contribution in [0.1, 0.15) is 31.2 Å². The van der Waals surface area contributed by atoms with Gasteiger partial charge in [0.2, 0.25) is 0 Å². The van der Waals surface area contributed by atoms with E-state index in [1.54, 1.807) is 7.05 Å². The van der Waals surface area contributed by atoms with Gasteiger partial charge in [-0.3, -0.25) is 4.99 Å². The summed E-state index contributed by atoms with van der Waals surface area (Å²) < 4.78 is 1.21. The molecule has 1 fully saturated rings. The average Bonchev–Trinajstić information content (AvgIpc) is 2.27. The minimum absolute atomic E-state index is 0.831. The molecule has 0 unspecified atom stereocenters. The Bertz CT molecular complexity index is 359. The highest BCUT2D eigenvalue weighted by Crippen LogP contribution is 2.41. The third-order valence-corrected chi connectivity index (χ3v) is 3.39. The van der Waals surface area contributed by atoms with E-state index in [1.165, 1.54) is 29.2 Å². The Morgan fingerprint density at radius 3 is 2.59 bits per heavy atom. The molecule has 0 spiro atoms. The summed E-state index contributed by atoms with van der Waals surface area (Å²) in [5.74, 6) is 6.51. The van der Waals surface area contributed by atoms with Gasteiger partial charge in [0.15, 0.2) is 0 Å². The summed E-state index contributed by atoms with van der Waals surface area (Å²) >= 11 is 3.50. The van der Waals surface area contributed by atoms with Crippen molar-refractivity contribution in [2.45, 2.75) is 25.7 Å². The average molecular weight is 298 g/mol. The molecule has 0 radical (unpaired) electrons.